The molecular formula is C13H16N2OS. The van der Waals surface area contributed by atoms with Gasteiger partial charge >= 0.3 is 0 Å². The zero-order valence-corrected chi connectivity index (χ0v) is 10.5. The molecule has 1 N–H and O–H groups in total. The molecule has 0 saturated carbocycles. The number of piperazine rings is 1. The molecule has 0 amide bonds. The summed E-state index contributed by atoms with van der Waals surface area (Å²) in [5.41, 5.74) is 1.50. The molecule has 2 fully saturated rings. The van der Waals surface area contributed by atoms with E-state index < -0.39 is 0 Å². The van der Waals surface area contributed by atoms with Crippen LogP contribution in [0.3, 0.4) is 0 Å². The number of hydrogen-bond acceptors (Lipinski definition) is 3. The van der Waals surface area contributed by atoms with Gasteiger partial charge in [0.15, 0.2) is 0 Å². The van der Waals surface area contributed by atoms with Crippen molar-refractivity contribution < 1.29 is 4.74 Å². The molecule has 0 radical (unpaired) electrons. The summed E-state index contributed by atoms with van der Waals surface area (Å²) in [4.78, 5) is 3.39. The quantitative estimate of drug-likeness (QED) is 0.795. The van der Waals surface area contributed by atoms with Gasteiger partial charge in [0.25, 0.3) is 0 Å². The average molecular weight is 248 g/mol. The van der Waals surface area contributed by atoms with Crippen molar-refractivity contribution in [2.45, 2.75) is 12.1 Å². The Morgan fingerprint density at radius 1 is 1.29 bits per heavy atom. The standard InChI is InChI=1S/C13H16N2OS/c17-12-7-15(6-11-4-2-1-3-5-11)13(8-14-12)9-16-10-13/h1-5H,6-10H2,(H,14,17). The molecule has 1 spiro atoms. The van der Waals surface area contributed by atoms with E-state index >= 15 is 0 Å². The normalized spacial score (nSPS) is 23.2. The molecule has 4 heteroatoms. The van der Waals surface area contributed by atoms with Crippen molar-refractivity contribution in [1.29, 1.82) is 0 Å². The van der Waals surface area contributed by atoms with Gasteiger partial charge in [-0.2, -0.15) is 0 Å². The molecule has 17 heavy (non-hydrogen) atoms. The number of nitrogens with zero attached hydrogens (tertiary/aromatic N) is 1. The Bertz CT molecular complexity index is 417. The second-order valence-corrected chi connectivity index (χ2v) is 5.33. The van der Waals surface area contributed by atoms with Gasteiger partial charge in [0.05, 0.1) is 23.7 Å². The fraction of sp³-hybridized carbons (Fsp3) is 0.462. The van der Waals surface area contributed by atoms with E-state index in [1.807, 2.05) is 6.07 Å². The van der Waals surface area contributed by atoms with Crippen molar-refractivity contribution in [3.8, 4) is 0 Å². The minimum atomic E-state index is 0.165. The zero-order chi connectivity index (χ0) is 11.7. The number of benzene rings is 1. The lowest BCUT2D eigenvalue weighted by Crippen LogP contribution is -2.71. The lowest BCUT2D eigenvalue weighted by Gasteiger charge is -2.52. The highest BCUT2D eigenvalue weighted by Gasteiger charge is 2.46. The van der Waals surface area contributed by atoms with Gasteiger partial charge in [-0.15, -0.1) is 0 Å². The first kappa shape index (κ1) is 11.1. The van der Waals surface area contributed by atoms with E-state index in [0.29, 0.717) is 0 Å². The second-order valence-electron chi connectivity index (χ2n) is 4.84. The smallest absolute Gasteiger partial charge is 0.0897 e. The van der Waals surface area contributed by atoms with Gasteiger partial charge < -0.3 is 10.1 Å². The Morgan fingerprint density at radius 3 is 2.71 bits per heavy atom. The maximum Gasteiger partial charge on any atom is 0.0897 e. The van der Waals surface area contributed by atoms with E-state index in [4.69, 9.17) is 17.0 Å². The molecule has 0 aromatic heterocycles. The maximum absolute atomic E-state index is 5.39. The van der Waals surface area contributed by atoms with Gasteiger partial charge in [-0.25, -0.2) is 0 Å². The number of ether oxygens (including phenoxy) is 1. The van der Waals surface area contributed by atoms with Crippen molar-refractivity contribution in [2.24, 2.45) is 0 Å². The first-order valence-electron chi connectivity index (χ1n) is 5.92. The first-order valence-corrected chi connectivity index (χ1v) is 6.33. The fourth-order valence-corrected chi connectivity index (χ4v) is 2.65. The van der Waals surface area contributed by atoms with E-state index in [9.17, 15) is 0 Å². The Morgan fingerprint density at radius 2 is 2.06 bits per heavy atom. The molecule has 2 saturated heterocycles. The molecule has 2 aliphatic heterocycles. The summed E-state index contributed by atoms with van der Waals surface area (Å²) in [6.07, 6.45) is 0. The lowest BCUT2D eigenvalue weighted by molar-refractivity contribution is -0.140. The molecule has 90 valence electrons. The van der Waals surface area contributed by atoms with Crippen LogP contribution in [0.25, 0.3) is 0 Å². The fourth-order valence-electron chi connectivity index (χ4n) is 2.42. The zero-order valence-electron chi connectivity index (χ0n) is 9.69. The molecule has 3 nitrogen and oxygen atoms in total. The maximum atomic E-state index is 5.39. The summed E-state index contributed by atoms with van der Waals surface area (Å²) >= 11 is 5.28. The van der Waals surface area contributed by atoms with E-state index in [1.54, 1.807) is 0 Å². The van der Waals surface area contributed by atoms with Crippen molar-refractivity contribution in [3.05, 3.63) is 35.9 Å². The van der Waals surface area contributed by atoms with Gasteiger partial charge in [0.2, 0.25) is 0 Å². The first-order chi connectivity index (χ1) is 8.28. The summed E-state index contributed by atoms with van der Waals surface area (Å²) in [6.45, 7) is 4.34. The number of rotatable bonds is 2. The minimum absolute atomic E-state index is 0.165. The van der Waals surface area contributed by atoms with Crippen LogP contribution in [0.4, 0.5) is 0 Å². The molecule has 1 aromatic rings. The Balaban J connectivity index is 1.77. The minimum Gasteiger partial charge on any atom is -0.377 e. The topological polar surface area (TPSA) is 24.5 Å². The lowest BCUT2D eigenvalue weighted by atomic mass is 9.92. The molecule has 0 unspecified atom stereocenters. The van der Waals surface area contributed by atoms with Crippen molar-refractivity contribution in [3.63, 3.8) is 0 Å². The van der Waals surface area contributed by atoms with Crippen molar-refractivity contribution in [1.82, 2.24) is 10.2 Å². The number of thiocarbonyl (C=S) groups is 1. The van der Waals surface area contributed by atoms with E-state index in [0.717, 1.165) is 37.8 Å². The summed E-state index contributed by atoms with van der Waals surface area (Å²) in [5.74, 6) is 0. The number of nitrogens with one attached hydrogen (secondary N) is 1. The SMILES string of the molecule is S=C1CN(Cc2ccccc2)C2(CN1)COC2. The summed E-state index contributed by atoms with van der Waals surface area (Å²) in [7, 11) is 0. The van der Waals surface area contributed by atoms with E-state index in [2.05, 4.69) is 34.5 Å². The summed E-state index contributed by atoms with van der Waals surface area (Å²) < 4.78 is 5.39. The van der Waals surface area contributed by atoms with Crippen molar-refractivity contribution >= 4 is 17.2 Å². The molecule has 2 aliphatic rings. The summed E-state index contributed by atoms with van der Waals surface area (Å²) in [6, 6.07) is 10.5. The molecule has 3 rings (SSSR count). The largest absolute Gasteiger partial charge is 0.377 e. The third kappa shape index (κ3) is 2.08. The number of hydrogen-bond donors (Lipinski definition) is 1. The molecule has 2 heterocycles. The third-order valence-electron chi connectivity index (χ3n) is 3.58. The highest BCUT2D eigenvalue weighted by atomic mass is 32.1. The predicted molar refractivity (Wildman–Crippen MR) is 71.0 cm³/mol. The van der Waals surface area contributed by atoms with Gasteiger partial charge in [-0.1, -0.05) is 42.5 Å². The third-order valence-corrected chi connectivity index (χ3v) is 3.85. The summed E-state index contributed by atoms with van der Waals surface area (Å²) in [5, 5.41) is 3.30. The monoisotopic (exact) mass is 248 g/mol. The van der Waals surface area contributed by atoms with Gasteiger partial charge in [0.1, 0.15) is 0 Å². The predicted octanol–water partition coefficient (Wildman–Crippen LogP) is 1.19. The van der Waals surface area contributed by atoms with E-state index in [1.165, 1.54) is 5.56 Å². The van der Waals surface area contributed by atoms with Crippen LogP contribution in [-0.4, -0.2) is 41.7 Å². The van der Waals surface area contributed by atoms with Gasteiger partial charge in [-0.3, -0.25) is 4.90 Å². The van der Waals surface area contributed by atoms with Crippen LogP contribution in [-0.2, 0) is 11.3 Å². The Labute approximate surface area is 107 Å². The van der Waals surface area contributed by atoms with Crippen LogP contribution in [0.15, 0.2) is 30.3 Å². The molecule has 0 bridgehead atoms. The highest BCUT2D eigenvalue weighted by molar-refractivity contribution is 7.80. The second kappa shape index (κ2) is 4.37. The van der Waals surface area contributed by atoms with Crippen LogP contribution in [0.2, 0.25) is 0 Å². The Kier molecular flexibility index (Phi) is 2.86. The molecule has 1 aromatic carbocycles. The van der Waals surface area contributed by atoms with E-state index in [-0.39, 0.29) is 5.54 Å². The van der Waals surface area contributed by atoms with Crippen LogP contribution in [0.5, 0.6) is 0 Å². The Hall–Kier alpha value is -0.970. The highest BCUT2D eigenvalue weighted by Crippen LogP contribution is 2.28. The van der Waals surface area contributed by atoms with Gasteiger partial charge in [0, 0.05) is 19.6 Å². The molecular weight excluding hydrogens is 232 g/mol. The average Bonchev–Trinajstić information content (AvgIpc) is 2.28. The van der Waals surface area contributed by atoms with Crippen LogP contribution < -0.4 is 5.32 Å². The van der Waals surface area contributed by atoms with Crippen molar-refractivity contribution in [2.75, 3.05) is 26.3 Å². The van der Waals surface area contributed by atoms with Gasteiger partial charge in [-0.05, 0) is 5.56 Å². The molecule has 0 atom stereocenters. The van der Waals surface area contributed by atoms with Crippen LogP contribution >= 0.6 is 12.2 Å². The van der Waals surface area contributed by atoms with Crippen LogP contribution in [0.1, 0.15) is 5.56 Å². The molecule has 0 aliphatic carbocycles. The van der Waals surface area contributed by atoms with Crippen LogP contribution in [0, 0.1) is 0 Å².